The van der Waals surface area contributed by atoms with Crippen molar-refractivity contribution in [2.45, 2.75) is 0 Å². The molecule has 5 nitrogen and oxygen atoms in total. The quantitative estimate of drug-likeness (QED) is 0.550. The van der Waals surface area contributed by atoms with E-state index in [1.54, 1.807) is 12.4 Å². The minimum atomic E-state index is 0.837. The highest BCUT2D eigenvalue weighted by Gasteiger charge is 2.07. The van der Waals surface area contributed by atoms with Gasteiger partial charge in [0, 0.05) is 10.9 Å². The first-order chi connectivity index (χ1) is 8.92. The number of aromatic nitrogens is 5. The molecule has 0 aliphatic heterocycles. The zero-order valence-electron chi connectivity index (χ0n) is 9.41. The van der Waals surface area contributed by atoms with Crippen LogP contribution < -0.4 is 0 Å². The number of H-pyrrole nitrogens is 1. The third-order valence-corrected chi connectivity index (χ3v) is 2.99. The number of rotatable bonds is 1. The fourth-order valence-electron chi connectivity index (χ4n) is 2.13. The normalized spacial score (nSPS) is 11.3. The molecule has 0 aliphatic rings. The standard InChI is InChI=1S/C13H9N5/c1-2-4-10-9(3-1)5-13(17-10)18-12-7-14-8-15-11(12)6-16-18/h1-8,17H. The van der Waals surface area contributed by atoms with Crippen molar-refractivity contribution >= 4 is 21.9 Å². The number of hydrogen-bond donors (Lipinski definition) is 1. The van der Waals surface area contributed by atoms with E-state index in [0.717, 1.165) is 27.8 Å². The number of benzene rings is 1. The molecule has 86 valence electrons. The molecule has 0 atom stereocenters. The second-order valence-corrected chi connectivity index (χ2v) is 4.09. The Balaban J connectivity index is 2.01. The first kappa shape index (κ1) is 9.35. The van der Waals surface area contributed by atoms with E-state index in [1.807, 2.05) is 22.9 Å². The first-order valence-corrected chi connectivity index (χ1v) is 5.64. The van der Waals surface area contributed by atoms with E-state index in [1.165, 1.54) is 6.33 Å². The molecule has 0 radical (unpaired) electrons. The Morgan fingerprint density at radius 2 is 2.06 bits per heavy atom. The maximum atomic E-state index is 4.34. The van der Waals surface area contributed by atoms with E-state index >= 15 is 0 Å². The van der Waals surface area contributed by atoms with Crippen molar-refractivity contribution < 1.29 is 0 Å². The molecule has 1 aromatic carbocycles. The van der Waals surface area contributed by atoms with Gasteiger partial charge in [-0.1, -0.05) is 18.2 Å². The van der Waals surface area contributed by atoms with Gasteiger partial charge < -0.3 is 4.98 Å². The van der Waals surface area contributed by atoms with Crippen molar-refractivity contribution in [1.29, 1.82) is 0 Å². The molecule has 0 unspecified atom stereocenters. The molecule has 0 spiro atoms. The van der Waals surface area contributed by atoms with Crippen molar-refractivity contribution in [2.75, 3.05) is 0 Å². The lowest BCUT2D eigenvalue weighted by Gasteiger charge is -1.97. The SMILES string of the molecule is c1ccc2[nH]c(-n3ncc4ncncc43)cc2c1. The average Bonchev–Trinajstić information content (AvgIpc) is 3.02. The second kappa shape index (κ2) is 3.40. The van der Waals surface area contributed by atoms with Crippen molar-refractivity contribution in [2.24, 2.45) is 0 Å². The summed E-state index contributed by atoms with van der Waals surface area (Å²) in [6.07, 6.45) is 5.03. The summed E-state index contributed by atoms with van der Waals surface area (Å²) in [6, 6.07) is 10.2. The predicted octanol–water partition coefficient (Wildman–Crippen LogP) is 2.30. The Labute approximate surface area is 102 Å². The second-order valence-electron chi connectivity index (χ2n) is 4.09. The summed E-state index contributed by atoms with van der Waals surface area (Å²) in [5.41, 5.74) is 2.82. The average molecular weight is 235 g/mol. The van der Waals surface area contributed by atoms with E-state index < -0.39 is 0 Å². The summed E-state index contributed by atoms with van der Waals surface area (Å²) < 4.78 is 1.81. The largest absolute Gasteiger partial charge is 0.340 e. The Morgan fingerprint density at radius 3 is 3.00 bits per heavy atom. The number of hydrogen-bond acceptors (Lipinski definition) is 3. The lowest BCUT2D eigenvalue weighted by Crippen LogP contribution is -1.96. The molecule has 0 saturated carbocycles. The van der Waals surface area contributed by atoms with Gasteiger partial charge in [0.05, 0.1) is 12.4 Å². The maximum Gasteiger partial charge on any atom is 0.133 e. The summed E-state index contributed by atoms with van der Waals surface area (Å²) in [5, 5.41) is 5.50. The number of nitrogens with one attached hydrogen (secondary N) is 1. The van der Waals surface area contributed by atoms with Gasteiger partial charge >= 0.3 is 0 Å². The van der Waals surface area contributed by atoms with Gasteiger partial charge in [0.1, 0.15) is 23.2 Å². The van der Waals surface area contributed by atoms with E-state index in [2.05, 4.69) is 32.2 Å². The molecule has 0 saturated heterocycles. The molecule has 3 heterocycles. The summed E-state index contributed by atoms with van der Waals surface area (Å²) >= 11 is 0. The van der Waals surface area contributed by atoms with E-state index in [0.29, 0.717) is 0 Å². The van der Waals surface area contributed by atoms with Gasteiger partial charge in [-0.15, -0.1) is 0 Å². The third-order valence-electron chi connectivity index (χ3n) is 2.99. The first-order valence-electron chi connectivity index (χ1n) is 5.64. The summed E-state index contributed by atoms with van der Waals surface area (Å²) in [4.78, 5) is 11.5. The van der Waals surface area contributed by atoms with Crippen LogP contribution in [0.4, 0.5) is 0 Å². The lowest BCUT2D eigenvalue weighted by molar-refractivity contribution is 0.884. The molecule has 4 aromatic rings. The Hall–Kier alpha value is -2.69. The Morgan fingerprint density at radius 1 is 1.11 bits per heavy atom. The van der Waals surface area contributed by atoms with E-state index in [-0.39, 0.29) is 0 Å². The van der Waals surface area contributed by atoms with Crippen LogP contribution in [0.5, 0.6) is 0 Å². The number of fused-ring (bicyclic) bond motifs is 2. The van der Waals surface area contributed by atoms with Crippen LogP contribution in [-0.2, 0) is 0 Å². The van der Waals surface area contributed by atoms with Crippen molar-refractivity contribution in [1.82, 2.24) is 24.7 Å². The predicted molar refractivity (Wildman–Crippen MR) is 68.5 cm³/mol. The lowest BCUT2D eigenvalue weighted by atomic mass is 10.2. The summed E-state index contributed by atoms with van der Waals surface area (Å²) in [5.74, 6) is 0.918. The van der Waals surface area contributed by atoms with Gasteiger partial charge in [0.15, 0.2) is 0 Å². The minimum Gasteiger partial charge on any atom is -0.340 e. The molecular weight excluding hydrogens is 226 g/mol. The Kier molecular flexibility index (Phi) is 1.77. The maximum absolute atomic E-state index is 4.34. The van der Waals surface area contributed by atoms with Crippen LogP contribution in [0, 0.1) is 0 Å². The van der Waals surface area contributed by atoms with Gasteiger partial charge in [-0.25, -0.2) is 14.6 Å². The summed E-state index contributed by atoms with van der Waals surface area (Å²) in [6.45, 7) is 0. The van der Waals surface area contributed by atoms with Gasteiger partial charge in [-0.2, -0.15) is 5.10 Å². The molecule has 5 heteroatoms. The monoisotopic (exact) mass is 235 g/mol. The van der Waals surface area contributed by atoms with Crippen LogP contribution in [0.15, 0.2) is 49.1 Å². The molecule has 0 bridgehead atoms. The summed E-state index contributed by atoms with van der Waals surface area (Å²) in [7, 11) is 0. The van der Waals surface area contributed by atoms with Gasteiger partial charge in [-0.05, 0) is 12.1 Å². The highest BCUT2D eigenvalue weighted by Crippen LogP contribution is 2.20. The highest BCUT2D eigenvalue weighted by molar-refractivity contribution is 5.83. The fraction of sp³-hybridized carbons (Fsp3) is 0. The van der Waals surface area contributed by atoms with E-state index in [9.17, 15) is 0 Å². The topological polar surface area (TPSA) is 59.4 Å². The van der Waals surface area contributed by atoms with Gasteiger partial charge in [0.2, 0.25) is 0 Å². The molecule has 0 fully saturated rings. The van der Waals surface area contributed by atoms with Crippen LogP contribution >= 0.6 is 0 Å². The molecule has 18 heavy (non-hydrogen) atoms. The third kappa shape index (κ3) is 1.24. The van der Waals surface area contributed by atoms with Crippen LogP contribution in [0.2, 0.25) is 0 Å². The zero-order chi connectivity index (χ0) is 11.9. The minimum absolute atomic E-state index is 0.837. The molecule has 1 N–H and O–H groups in total. The zero-order valence-corrected chi connectivity index (χ0v) is 9.41. The highest BCUT2D eigenvalue weighted by atomic mass is 15.3. The number of nitrogens with zero attached hydrogens (tertiary/aromatic N) is 4. The van der Waals surface area contributed by atoms with Crippen molar-refractivity contribution in [3.8, 4) is 5.82 Å². The van der Waals surface area contributed by atoms with Crippen LogP contribution in [0.25, 0.3) is 27.8 Å². The molecule has 0 aliphatic carbocycles. The van der Waals surface area contributed by atoms with Crippen molar-refractivity contribution in [3.05, 3.63) is 49.1 Å². The number of para-hydroxylation sites is 1. The molecule has 4 rings (SSSR count). The Bertz CT molecular complexity index is 809. The number of aromatic amines is 1. The molecular formula is C13H9N5. The van der Waals surface area contributed by atoms with Crippen LogP contribution in [0.3, 0.4) is 0 Å². The fourth-order valence-corrected chi connectivity index (χ4v) is 2.13. The smallest absolute Gasteiger partial charge is 0.133 e. The van der Waals surface area contributed by atoms with Gasteiger partial charge in [0.25, 0.3) is 0 Å². The van der Waals surface area contributed by atoms with Crippen molar-refractivity contribution in [3.63, 3.8) is 0 Å². The molecule has 3 aromatic heterocycles. The van der Waals surface area contributed by atoms with Crippen LogP contribution in [0.1, 0.15) is 0 Å². The van der Waals surface area contributed by atoms with Crippen LogP contribution in [-0.4, -0.2) is 24.7 Å². The molecule has 0 amide bonds. The van der Waals surface area contributed by atoms with Gasteiger partial charge in [-0.3, -0.25) is 0 Å². The van der Waals surface area contributed by atoms with E-state index in [4.69, 9.17) is 0 Å².